The summed E-state index contributed by atoms with van der Waals surface area (Å²) in [6.45, 7) is 0.636. The van der Waals surface area contributed by atoms with Gasteiger partial charge in [-0.1, -0.05) is 18.2 Å². The summed E-state index contributed by atoms with van der Waals surface area (Å²) in [7, 11) is 4.93. The van der Waals surface area contributed by atoms with Crippen molar-refractivity contribution in [2.75, 3.05) is 27.8 Å². The molecule has 2 atom stereocenters. The van der Waals surface area contributed by atoms with E-state index in [1.807, 2.05) is 31.3 Å². The Kier molecular flexibility index (Phi) is 5.76. The lowest BCUT2D eigenvalue weighted by Crippen LogP contribution is -2.45. The summed E-state index contributed by atoms with van der Waals surface area (Å²) >= 11 is 0. The van der Waals surface area contributed by atoms with Gasteiger partial charge in [0, 0.05) is 44.0 Å². The van der Waals surface area contributed by atoms with Gasteiger partial charge in [-0.25, -0.2) is 0 Å². The molecule has 0 aliphatic carbocycles. The molecule has 31 heavy (non-hydrogen) atoms. The van der Waals surface area contributed by atoms with Crippen molar-refractivity contribution in [1.29, 1.82) is 0 Å². The molecule has 4 rings (SSSR count). The van der Waals surface area contributed by atoms with Crippen LogP contribution in [0.1, 0.15) is 47.6 Å². The number of ether oxygens (including phenoxy) is 3. The van der Waals surface area contributed by atoms with E-state index in [0.29, 0.717) is 42.9 Å². The molecule has 7 nitrogen and oxygen atoms in total. The van der Waals surface area contributed by atoms with Gasteiger partial charge in [-0.3, -0.25) is 9.59 Å². The molecule has 2 aliphatic heterocycles. The van der Waals surface area contributed by atoms with Crippen LogP contribution in [-0.4, -0.2) is 50.1 Å². The van der Waals surface area contributed by atoms with Gasteiger partial charge in [0.25, 0.3) is 5.91 Å². The number of fused-ring (bicyclic) bond motifs is 1. The first-order valence-electron chi connectivity index (χ1n) is 10.5. The molecular weight excluding hydrogens is 396 g/mol. The highest BCUT2D eigenvalue weighted by molar-refractivity contribution is 5.95. The molecule has 2 aromatic carbocycles. The zero-order valence-corrected chi connectivity index (χ0v) is 18.1. The van der Waals surface area contributed by atoms with Gasteiger partial charge < -0.3 is 24.4 Å². The standard InChI is InChI=1S/C24H28N2O5/c1-26-13-12-24(11-10-22(26)27)15-18(17-6-4-5-7-19(17)31-24)25-23(28)16-8-9-20(29-2)21(14-16)30-3/h4-9,14,18H,10-13,15H2,1-3H3,(H,25,28)/t18-,24+/m0/s1. The fourth-order valence-corrected chi connectivity index (χ4v) is 4.42. The zero-order chi connectivity index (χ0) is 22.0. The summed E-state index contributed by atoms with van der Waals surface area (Å²) in [5, 5.41) is 3.18. The van der Waals surface area contributed by atoms with E-state index >= 15 is 0 Å². The molecular formula is C24H28N2O5. The summed E-state index contributed by atoms with van der Waals surface area (Å²) in [5.74, 6) is 1.78. The summed E-state index contributed by atoms with van der Waals surface area (Å²) in [4.78, 5) is 27.1. The van der Waals surface area contributed by atoms with Gasteiger partial charge >= 0.3 is 0 Å². The quantitative estimate of drug-likeness (QED) is 0.815. The third-order valence-corrected chi connectivity index (χ3v) is 6.27. The van der Waals surface area contributed by atoms with Gasteiger partial charge in [-0.2, -0.15) is 0 Å². The maximum Gasteiger partial charge on any atom is 0.251 e. The number of carbonyl (C=O) groups excluding carboxylic acids is 2. The first-order chi connectivity index (χ1) is 14.9. The van der Waals surface area contributed by atoms with Crippen LogP contribution < -0.4 is 19.5 Å². The van der Waals surface area contributed by atoms with Crippen LogP contribution in [0.5, 0.6) is 17.2 Å². The highest BCUT2D eigenvalue weighted by Gasteiger charge is 2.43. The van der Waals surface area contributed by atoms with Crippen LogP contribution in [0.2, 0.25) is 0 Å². The average Bonchev–Trinajstić information content (AvgIpc) is 2.92. The number of amides is 2. The number of rotatable bonds is 4. The Morgan fingerprint density at radius 3 is 2.68 bits per heavy atom. The van der Waals surface area contributed by atoms with Crippen LogP contribution in [0.4, 0.5) is 0 Å². The van der Waals surface area contributed by atoms with Crippen molar-refractivity contribution in [2.45, 2.75) is 37.3 Å². The molecule has 0 bridgehead atoms. The van der Waals surface area contributed by atoms with E-state index in [0.717, 1.165) is 17.7 Å². The van der Waals surface area contributed by atoms with Crippen molar-refractivity contribution in [1.82, 2.24) is 10.2 Å². The van der Waals surface area contributed by atoms with Gasteiger partial charge in [0.05, 0.1) is 20.3 Å². The monoisotopic (exact) mass is 424 g/mol. The minimum Gasteiger partial charge on any atom is -0.493 e. The van der Waals surface area contributed by atoms with Crippen LogP contribution in [0.25, 0.3) is 0 Å². The van der Waals surface area contributed by atoms with E-state index in [2.05, 4.69) is 5.32 Å². The molecule has 1 N–H and O–H groups in total. The van der Waals surface area contributed by atoms with Crippen molar-refractivity contribution < 1.29 is 23.8 Å². The third kappa shape index (κ3) is 4.17. The van der Waals surface area contributed by atoms with Crippen molar-refractivity contribution in [2.24, 2.45) is 0 Å². The minimum atomic E-state index is -0.482. The Hall–Kier alpha value is -3.22. The Balaban J connectivity index is 1.61. The second-order valence-corrected chi connectivity index (χ2v) is 8.19. The third-order valence-electron chi connectivity index (χ3n) is 6.27. The number of hydrogen-bond donors (Lipinski definition) is 1. The Morgan fingerprint density at radius 2 is 1.90 bits per heavy atom. The maximum atomic E-state index is 13.1. The first-order valence-corrected chi connectivity index (χ1v) is 10.5. The largest absolute Gasteiger partial charge is 0.493 e. The van der Waals surface area contributed by atoms with Gasteiger partial charge in [-0.15, -0.1) is 0 Å². The Labute approximate surface area is 182 Å². The van der Waals surface area contributed by atoms with Gasteiger partial charge in [-0.05, 0) is 30.7 Å². The SMILES string of the molecule is COc1ccc(C(=O)N[C@H]2C[C@]3(CCC(=O)N(C)CC3)Oc3ccccc32)cc1OC. The molecule has 0 radical (unpaired) electrons. The van der Waals surface area contributed by atoms with E-state index in [-0.39, 0.29) is 17.9 Å². The van der Waals surface area contributed by atoms with E-state index in [4.69, 9.17) is 14.2 Å². The topological polar surface area (TPSA) is 77.1 Å². The van der Waals surface area contributed by atoms with Crippen molar-refractivity contribution in [3.8, 4) is 17.2 Å². The molecule has 1 fully saturated rings. The lowest BCUT2D eigenvalue weighted by Gasteiger charge is -2.42. The van der Waals surface area contributed by atoms with Crippen molar-refractivity contribution in [3.63, 3.8) is 0 Å². The van der Waals surface area contributed by atoms with Gasteiger partial charge in [0.15, 0.2) is 11.5 Å². The molecule has 1 spiro atoms. The fraction of sp³-hybridized carbons (Fsp3) is 0.417. The van der Waals surface area contributed by atoms with Crippen molar-refractivity contribution >= 4 is 11.8 Å². The molecule has 0 unspecified atom stereocenters. The van der Waals surface area contributed by atoms with Crippen LogP contribution in [0, 0.1) is 0 Å². The molecule has 0 saturated carbocycles. The van der Waals surface area contributed by atoms with Crippen molar-refractivity contribution in [3.05, 3.63) is 53.6 Å². The van der Waals surface area contributed by atoms with E-state index in [1.54, 1.807) is 37.3 Å². The number of nitrogens with zero attached hydrogens (tertiary/aromatic N) is 1. The smallest absolute Gasteiger partial charge is 0.251 e. The molecule has 2 heterocycles. The first kappa shape index (κ1) is 21.0. The summed E-state index contributed by atoms with van der Waals surface area (Å²) < 4.78 is 17.1. The Morgan fingerprint density at radius 1 is 1.13 bits per heavy atom. The molecule has 0 aromatic heterocycles. The minimum absolute atomic E-state index is 0.130. The van der Waals surface area contributed by atoms with E-state index < -0.39 is 5.60 Å². The van der Waals surface area contributed by atoms with E-state index in [9.17, 15) is 9.59 Å². The number of methoxy groups -OCH3 is 2. The number of carbonyl (C=O) groups is 2. The van der Waals surface area contributed by atoms with Crippen LogP contribution >= 0.6 is 0 Å². The molecule has 2 aliphatic rings. The summed E-state index contributed by atoms with van der Waals surface area (Å²) in [5.41, 5.74) is 0.960. The highest BCUT2D eigenvalue weighted by Crippen LogP contribution is 2.44. The Bertz CT molecular complexity index is 992. The van der Waals surface area contributed by atoms with Gasteiger partial charge in [0.2, 0.25) is 5.91 Å². The molecule has 164 valence electrons. The molecule has 1 saturated heterocycles. The lowest BCUT2D eigenvalue weighted by molar-refractivity contribution is -0.129. The summed E-state index contributed by atoms with van der Waals surface area (Å²) in [6.07, 6.45) is 2.42. The highest BCUT2D eigenvalue weighted by atomic mass is 16.5. The molecule has 2 amide bonds. The number of nitrogens with one attached hydrogen (secondary N) is 1. The van der Waals surface area contributed by atoms with Crippen LogP contribution in [0.3, 0.4) is 0 Å². The fourth-order valence-electron chi connectivity index (χ4n) is 4.42. The predicted molar refractivity (Wildman–Crippen MR) is 116 cm³/mol. The lowest BCUT2D eigenvalue weighted by atomic mass is 9.82. The maximum absolute atomic E-state index is 13.1. The number of likely N-dealkylation sites (tertiary alicyclic amines) is 1. The zero-order valence-electron chi connectivity index (χ0n) is 18.1. The number of benzene rings is 2. The number of para-hydroxylation sites is 1. The normalized spacial score (nSPS) is 22.9. The molecule has 2 aromatic rings. The van der Waals surface area contributed by atoms with Crippen LogP contribution in [-0.2, 0) is 4.79 Å². The van der Waals surface area contributed by atoms with E-state index in [1.165, 1.54) is 0 Å². The second-order valence-electron chi connectivity index (χ2n) is 8.19. The van der Waals surface area contributed by atoms with Crippen LogP contribution in [0.15, 0.2) is 42.5 Å². The number of hydrogen-bond acceptors (Lipinski definition) is 5. The molecule has 7 heteroatoms. The average molecular weight is 424 g/mol. The summed E-state index contributed by atoms with van der Waals surface area (Å²) in [6, 6.07) is 12.7. The van der Waals surface area contributed by atoms with Gasteiger partial charge in [0.1, 0.15) is 11.4 Å². The predicted octanol–water partition coefficient (Wildman–Crippen LogP) is 3.34. The second kappa shape index (κ2) is 8.49.